The van der Waals surface area contributed by atoms with Crippen molar-refractivity contribution < 1.29 is 32.9 Å². The molecule has 2 aliphatic heterocycles. The normalized spacial score (nSPS) is 16.2. The molecule has 4 nitrogen and oxygen atoms in total. The van der Waals surface area contributed by atoms with Crippen LogP contribution in [0, 0.1) is 0 Å². The Morgan fingerprint density at radius 1 is 0.299 bits per heavy atom. The first-order chi connectivity index (χ1) is 57.4. The summed E-state index contributed by atoms with van der Waals surface area (Å²) in [6, 6.07) is 35.9. The van der Waals surface area contributed by atoms with Gasteiger partial charge in [-0.25, -0.2) is 0 Å². The summed E-state index contributed by atoms with van der Waals surface area (Å²) in [7, 11) is 0. The molecule has 2 aliphatic rings. The van der Waals surface area contributed by atoms with E-state index >= 15 is 0 Å². The number of fused-ring (bicyclic) bond motifs is 10. The van der Waals surface area contributed by atoms with E-state index < -0.39 is 218 Å². The fourth-order valence-electron chi connectivity index (χ4n) is 14.0. The number of anilines is 6. The van der Waals surface area contributed by atoms with Crippen molar-refractivity contribution in [2.75, 3.05) is 9.80 Å². The van der Waals surface area contributed by atoms with Crippen molar-refractivity contribution >= 4 is 101 Å². The second-order valence-electron chi connectivity index (χ2n) is 26.5. The van der Waals surface area contributed by atoms with Crippen LogP contribution in [0.15, 0.2) is 321 Å². The summed E-state index contributed by atoms with van der Waals surface area (Å²) in [4.78, 5) is 3.30. The molecular weight excluding hydrogens is 1170 g/mol. The van der Waals surface area contributed by atoms with Gasteiger partial charge in [0.05, 0.1) is 66.3 Å². The first kappa shape index (κ1) is 38.0. The van der Waals surface area contributed by atoms with Crippen molar-refractivity contribution in [3.05, 3.63) is 332 Å². The van der Waals surface area contributed by atoms with Crippen LogP contribution in [0.5, 0.6) is 0 Å². The topological polar surface area (TPSA) is 16.3 Å². The first-order valence-corrected chi connectivity index (χ1v) is 32.2. The van der Waals surface area contributed by atoms with Crippen LogP contribution in [0.2, 0.25) is 0 Å². The molecule has 0 amide bonds. The number of rotatable bonds is 9. The number of hydrogen-bond acceptors (Lipinski definition) is 2. The highest BCUT2D eigenvalue weighted by Crippen LogP contribution is 2.56. The first-order valence-electron chi connectivity index (χ1n) is 44.2. The third kappa shape index (κ3) is 9.42. The molecule has 16 aromatic rings. The monoisotopic (exact) mass is 1270 g/mol. The minimum Gasteiger partial charge on any atom is -0.310 e. The van der Waals surface area contributed by atoms with Gasteiger partial charge in [0.25, 0.3) is 6.71 Å². The lowest BCUT2D eigenvalue weighted by atomic mass is 9.33. The summed E-state index contributed by atoms with van der Waals surface area (Å²) < 4.78 is 245. The Kier molecular flexibility index (Phi) is 8.83. The van der Waals surface area contributed by atoms with Gasteiger partial charge < -0.3 is 18.9 Å². The van der Waals surface area contributed by atoms with Crippen molar-refractivity contribution in [3.63, 3.8) is 0 Å². The lowest BCUT2D eigenvalue weighted by molar-refractivity contribution is 0.590. The van der Waals surface area contributed by atoms with Crippen molar-refractivity contribution in [3.8, 4) is 67.0 Å². The second-order valence-corrected chi connectivity index (χ2v) is 26.5. The van der Waals surface area contributed by atoms with E-state index in [-0.39, 0.29) is 56.1 Å². The predicted octanol–water partition coefficient (Wildman–Crippen LogP) is 22.9. The molecule has 0 spiro atoms. The van der Waals surface area contributed by atoms with Gasteiger partial charge in [-0.3, -0.25) is 0 Å². The van der Waals surface area contributed by atoms with E-state index in [0.29, 0.717) is 50.1 Å². The summed E-state index contributed by atoms with van der Waals surface area (Å²) in [6.45, 7) is 10.4. The van der Waals surface area contributed by atoms with Crippen molar-refractivity contribution in [1.82, 2.24) is 9.13 Å². The molecule has 0 saturated heterocycles. The predicted molar refractivity (Wildman–Crippen MR) is 414 cm³/mol. The molecule has 2 aromatic heterocycles. The standard InChI is InChI=1S/C92H71BN4/c1-91(2,3)66-54-74(61-32-14-8-15-33-61)89(75(55-66)62-34-16-9-17-35-62)96-84-58-68(94-80-44-26-22-40-70(80)71-41-23-27-45-81(71)94)48-50-78(84)93-79-51-49-69(95-82-46-28-24-42-72(82)73-43-25-29-47-83(73)95)59-85(79)97(87-53-65(52-86(96)88(87)93)60-30-12-7-13-31-60)90-76(63-36-18-10-19-37-63)56-67(92(4,5)6)57-77(90)64-38-20-11-21-39-64/h7-59H,1-6H3/i22D,23D,24D,25D,26D,27D,28D,29D,40D,41D,42D,43D,44D,45D,46D,47D,48D,49D,50D,51D,52D,53D,58D,59D. The fraction of sp³-hybridized carbons (Fsp3) is 0.0870. The third-order valence-corrected chi connectivity index (χ3v) is 18.7. The van der Waals surface area contributed by atoms with Gasteiger partial charge in [-0.2, -0.15) is 0 Å². The highest BCUT2D eigenvalue weighted by molar-refractivity contribution is 7.00. The molecule has 0 aliphatic carbocycles. The Bertz CT molecular complexity index is 6590. The van der Waals surface area contributed by atoms with Gasteiger partial charge in [-0.15, -0.1) is 0 Å². The zero-order valence-corrected chi connectivity index (χ0v) is 53.6. The van der Waals surface area contributed by atoms with Gasteiger partial charge in [0.2, 0.25) is 0 Å². The van der Waals surface area contributed by atoms with E-state index in [2.05, 4.69) is 0 Å². The lowest BCUT2D eigenvalue weighted by Crippen LogP contribution is -2.61. The van der Waals surface area contributed by atoms with Gasteiger partial charge >= 0.3 is 0 Å². The molecule has 14 aromatic carbocycles. The number of para-hydroxylation sites is 4. The largest absolute Gasteiger partial charge is 0.310 e. The quantitative estimate of drug-likeness (QED) is 0.134. The minimum atomic E-state index is -1.91. The van der Waals surface area contributed by atoms with Crippen LogP contribution in [0.3, 0.4) is 0 Å². The molecule has 4 heterocycles. The molecule has 0 N–H and O–H groups in total. The zero-order chi connectivity index (χ0) is 86.1. The molecule has 462 valence electrons. The Morgan fingerprint density at radius 2 is 0.588 bits per heavy atom. The molecule has 0 fully saturated rings. The van der Waals surface area contributed by atoms with Crippen LogP contribution in [-0.2, 0) is 10.8 Å². The van der Waals surface area contributed by atoms with Crippen molar-refractivity contribution in [1.29, 1.82) is 0 Å². The average molecular weight is 1270 g/mol. The molecule has 5 heteroatoms. The number of hydrogen-bond donors (Lipinski definition) is 0. The molecule has 18 rings (SSSR count). The van der Waals surface area contributed by atoms with E-state index in [9.17, 15) is 27.4 Å². The highest BCUT2D eigenvalue weighted by Gasteiger charge is 2.46. The van der Waals surface area contributed by atoms with Crippen LogP contribution in [-0.4, -0.2) is 15.8 Å². The summed E-state index contributed by atoms with van der Waals surface area (Å²) in [5.41, 5.74) is 0.269. The average Bonchev–Trinajstić information content (AvgIpc) is 0.980. The van der Waals surface area contributed by atoms with E-state index in [4.69, 9.17) is 5.48 Å². The molecule has 0 saturated carbocycles. The molecule has 0 unspecified atom stereocenters. The Balaban J connectivity index is 1.16. The SMILES string of the molecule is [2H]c1c([2H])c(-n2c3c([2H])c([2H])c([2H])c([2H])c3c3c([2H])c([2H])c([2H])c([2H])c32)c([2H])c2c1B1c3c([2H])c([2H])c(-n4c5c([2H])c([2H])c([2H])c([2H])c5c5c([2H])c([2H])c([2H])c([2H])c54)c([2H])c3N(c3c(-c4ccccc4)cc(C(C)(C)C)cc3-c3ccccc3)c3c([2H])c(-c4ccccc4)c([2H])c(c31)N2c1c(-c2ccccc2)cc(C(C)(C)C)cc1-c1ccccc1. The van der Waals surface area contributed by atoms with Gasteiger partial charge in [0.1, 0.15) is 0 Å². The molecule has 97 heavy (non-hydrogen) atoms. The summed E-state index contributed by atoms with van der Waals surface area (Å²) in [5.74, 6) is 0. The fourth-order valence-corrected chi connectivity index (χ4v) is 14.0. The van der Waals surface area contributed by atoms with Crippen LogP contribution < -0.4 is 26.2 Å². The van der Waals surface area contributed by atoms with E-state index in [1.54, 1.807) is 40.1 Å². The maximum Gasteiger partial charge on any atom is 0.252 e. The molecule has 0 atom stereocenters. The smallest absolute Gasteiger partial charge is 0.252 e. The number of aromatic nitrogens is 2. The minimum absolute atomic E-state index is 0.0363. The summed E-state index contributed by atoms with van der Waals surface area (Å²) >= 11 is 0. The molecular formula is C92H71BN4. The molecule has 0 bridgehead atoms. The molecule has 0 radical (unpaired) electrons. The second kappa shape index (κ2) is 22.5. The van der Waals surface area contributed by atoms with Crippen LogP contribution in [0.4, 0.5) is 34.1 Å². The van der Waals surface area contributed by atoms with Gasteiger partial charge in [0, 0.05) is 77.9 Å². The summed E-state index contributed by atoms with van der Waals surface area (Å²) in [5, 5.41) is -1.62. The lowest BCUT2D eigenvalue weighted by Gasteiger charge is -2.46. The van der Waals surface area contributed by atoms with Crippen LogP contribution >= 0.6 is 0 Å². The van der Waals surface area contributed by atoms with Gasteiger partial charge in [-0.05, 0) is 156 Å². The van der Waals surface area contributed by atoms with Crippen molar-refractivity contribution in [2.45, 2.75) is 52.4 Å². The number of nitrogens with zero attached hydrogens (tertiary/aromatic N) is 4. The van der Waals surface area contributed by atoms with E-state index in [0.717, 1.165) is 20.3 Å². The van der Waals surface area contributed by atoms with Crippen molar-refractivity contribution in [2.24, 2.45) is 0 Å². The number of benzene rings is 14. The van der Waals surface area contributed by atoms with E-state index in [1.807, 2.05) is 187 Å². The van der Waals surface area contributed by atoms with Crippen LogP contribution in [0.25, 0.3) is 111 Å². The highest BCUT2D eigenvalue weighted by atomic mass is 15.2. The van der Waals surface area contributed by atoms with Crippen LogP contribution in [0.1, 0.15) is 85.6 Å². The van der Waals surface area contributed by atoms with E-state index in [1.165, 1.54) is 0 Å². The summed E-state index contributed by atoms with van der Waals surface area (Å²) in [6.07, 6.45) is 0. The maximum absolute atomic E-state index is 11.7. The van der Waals surface area contributed by atoms with Gasteiger partial charge in [0.15, 0.2) is 0 Å². The Morgan fingerprint density at radius 3 is 0.887 bits per heavy atom. The Labute approximate surface area is 602 Å². The third-order valence-electron chi connectivity index (χ3n) is 18.7. The maximum atomic E-state index is 11.7. The Hall–Kier alpha value is -11.7. The zero-order valence-electron chi connectivity index (χ0n) is 77.6. The van der Waals surface area contributed by atoms with Gasteiger partial charge in [-0.1, -0.05) is 278 Å².